The van der Waals surface area contributed by atoms with Crippen molar-refractivity contribution in [2.24, 2.45) is 6.98 Å². The molecule has 1 aliphatic heterocycles. The number of hydrogen-bond acceptors (Lipinski definition) is 7. The van der Waals surface area contributed by atoms with E-state index in [9.17, 15) is 13.2 Å². The monoisotopic (exact) mass is 527 g/mol. The van der Waals surface area contributed by atoms with Gasteiger partial charge in [-0.25, -0.2) is 18.1 Å². The molecule has 4 rings (SSSR count). The fraction of sp³-hybridized carbons (Fsp3) is 0.560. The van der Waals surface area contributed by atoms with Crippen molar-refractivity contribution in [2.45, 2.75) is 63.2 Å². The molecule has 2 aromatic heterocycles. The van der Waals surface area contributed by atoms with E-state index in [2.05, 4.69) is 19.8 Å². The summed E-state index contributed by atoms with van der Waals surface area (Å²) in [5.74, 6) is -0.205. The number of likely N-dealkylation sites (tertiary alicyclic amines) is 1. The molecule has 3 aromatic rings. The molecule has 0 saturated carbocycles. The zero-order valence-corrected chi connectivity index (χ0v) is 20.6. The minimum absolute atomic E-state index is 0.0336. The maximum absolute atomic E-state index is 13.4. The molecule has 0 spiro atoms. The van der Waals surface area contributed by atoms with E-state index in [0.717, 1.165) is 0 Å². The molecule has 0 bridgehead atoms. The highest BCUT2D eigenvalue weighted by Gasteiger charge is 2.23. The molecule has 10 nitrogen and oxygen atoms in total. The van der Waals surface area contributed by atoms with Crippen molar-refractivity contribution in [3.8, 4) is 17.1 Å². The topological polar surface area (TPSA) is 122 Å². The van der Waals surface area contributed by atoms with Gasteiger partial charge < -0.3 is 14.6 Å². The molecular formula is C25H36N6O4S. The second-order valence-electron chi connectivity index (χ2n) is 8.41. The van der Waals surface area contributed by atoms with Gasteiger partial charge in [-0.2, -0.15) is 5.10 Å². The van der Waals surface area contributed by atoms with Gasteiger partial charge in [-0.15, -0.1) is 0 Å². The second kappa shape index (κ2) is 11.1. The lowest BCUT2D eigenvalue weighted by molar-refractivity contribution is 0.297. The molecule has 1 saturated heterocycles. The SMILES string of the molecule is [2H]C([2H])([2H])CC([2H])([2H])c1nn(C([2H])([2H])[2H])c2c(=O)[nH]c(-c3cc(S(=O)(=O)NCCC4CCCN4C([2H])([2H])[2H])ccc3OCCC)nc12. The van der Waals surface area contributed by atoms with Crippen LogP contribution in [0.4, 0.5) is 0 Å². The number of aryl methyl sites for hydroxylation is 2. The number of H-pyrrole nitrogens is 1. The van der Waals surface area contributed by atoms with Crippen molar-refractivity contribution in [3.05, 3.63) is 34.2 Å². The highest BCUT2D eigenvalue weighted by molar-refractivity contribution is 7.89. The average molecular weight is 528 g/mol. The molecule has 1 fully saturated rings. The molecule has 3 heterocycles. The van der Waals surface area contributed by atoms with Crippen LogP contribution in [0.3, 0.4) is 0 Å². The standard InChI is InChI=1S/C25H36N6O4S/c1-5-8-20-22-23(31(4)29-20)25(32)28-24(27-22)19-16-18(10-11-21(19)35-15-6-2)36(33,34)26-13-12-17-9-7-14-30(17)3/h10-11,16-17,26H,5-9,12-15H2,1-4H3,(H,27,28,32)/i1D3,3D3,4D3,8D2. The lowest BCUT2D eigenvalue weighted by Gasteiger charge is -2.19. The first-order chi connectivity index (χ1) is 21.5. The summed E-state index contributed by atoms with van der Waals surface area (Å²) < 4.78 is 121. The fourth-order valence-corrected chi connectivity index (χ4v) is 5.21. The molecule has 1 unspecified atom stereocenters. The third-order valence-electron chi connectivity index (χ3n) is 5.91. The fourth-order valence-electron chi connectivity index (χ4n) is 4.13. The number of ether oxygens (including phenoxy) is 1. The Kier molecular flexibility index (Phi) is 4.77. The molecular weight excluding hydrogens is 480 g/mol. The van der Waals surface area contributed by atoms with Crippen LogP contribution in [0.15, 0.2) is 27.9 Å². The van der Waals surface area contributed by atoms with Crippen LogP contribution in [-0.2, 0) is 23.4 Å². The summed E-state index contributed by atoms with van der Waals surface area (Å²) in [6.45, 7) is -5.79. The van der Waals surface area contributed by atoms with Crippen LogP contribution in [0.2, 0.25) is 0 Å². The van der Waals surface area contributed by atoms with Crippen LogP contribution in [0, 0.1) is 0 Å². The normalized spacial score (nSPS) is 22.7. The number of fused-ring (bicyclic) bond motifs is 1. The maximum atomic E-state index is 13.4. The molecule has 11 heteroatoms. The van der Waals surface area contributed by atoms with Crippen LogP contribution in [0.1, 0.15) is 66.7 Å². The average Bonchev–Trinajstić information content (AvgIpc) is 3.56. The summed E-state index contributed by atoms with van der Waals surface area (Å²) in [6.07, 6.45) is -1.71. The largest absolute Gasteiger partial charge is 0.493 e. The summed E-state index contributed by atoms with van der Waals surface area (Å²) in [4.78, 5) is 21.2. The number of nitrogens with zero attached hydrogens (tertiary/aromatic N) is 4. The van der Waals surface area contributed by atoms with Gasteiger partial charge in [0.1, 0.15) is 17.1 Å². The minimum atomic E-state index is -4.19. The smallest absolute Gasteiger partial charge is 0.277 e. The first-order valence-corrected chi connectivity index (χ1v) is 13.1. The number of benzene rings is 1. The quantitative estimate of drug-likeness (QED) is 0.393. The lowest BCUT2D eigenvalue weighted by Crippen LogP contribution is -2.31. The van der Waals surface area contributed by atoms with Crippen LogP contribution in [0.25, 0.3) is 22.4 Å². The van der Waals surface area contributed by atoms with Crippen molar-refractivity contribution in [3.63, 3.8) is 0 Å². The predicted molar refractivity (Wildman–Crippen MR) is 140 cm³/mol. The summed E-state index contributed by atoms with van der Waals surface area (Å²) in [6, 6.07) is 3.46. The van der Waals surface area contributed by atoms with Gasteiger partial charge in [-0.1, -0.05) is 20.2 Å². The molecule has 1 aromatic carbocycles. The first kappa shape index (κ1) is 15.5. The molecule has 0 radical (unpaired) electrons. The lowest BCUT2D eigenvalue weighted by atomic mass is 10.1. The van der Waals surface area contributed by atoms with Crippen LogP contribution < -0.4 is 15.0 Å². The zero-order chi connectivity index (χ0) is 35.2. The second-order valence-corrected chi connectivity index (χ2v) is 10.2. The first-order valence-electron chi connectivity index (χ1n) is 17.1. The van der Waals surface area contributed by atoms with Gasteiger partial charge in [-0.05, 0) is 63.8 Å². The Morgan fingerprint density at radius 3 is 3.00 bits per heavy atom. The van der Waals surface area contributed by atoms with E-state index in [1.54, 1.807) is 0 Å². The van der Waals surface area contributed by atoms with Crippen molar-refractivity contribution in [1.29, 1.82) is 0 Å². The molecule has 1 atom stereocenters. The number of sulfonamides is 1. The Morgan fingerprint density at radius 1 is 1.33 bits per heavy atom. The molecule has 0 aliphatic carbocycles. The molecule has 36 heavy (non-hydrogen) atoms. The van der Waals surface area contributed by atoms with Gasteiger partial charge in [0.2, 0.25) is 10.0 Å². The Bertz CT molecular complexity index is 1770. The van der Waals surface area contributed by atoms with E-state index in [-0.39, 0.29) is 47.6 Å². The summed E-state index contributed by atoms with van der Waals surface area (Å²) in [5, 5.41) is 3.80. The van der Waals surface area contributed by atoms with E-state index in [1.807, 2.05) is 6.92 Å². The van der Waals surface area contributed by atoms with Crippen LogP contribution >= 0.6 is 0 Å². The number of aromatic nitrogens is 4. The summed E-state index contributed by atoms with van der Waals surface area (Å²) in [7, 11) is -4.19. The third kappa shape index (κ3) is 5.47. The van der Waals surface area contributed by atoms with Crippen molar-refractivity contribution in [2.75, 3.05) is 26.7 Å². The van der Waals surface area contributed by atoms with E-state index >= 15 is 0 Å². The Morgan fingerprint density at radius 2 is 2.22 bits per heavy atom. The molecule has 196 valence electrons. The number of hydrogen-bond donors (Lipinski definition) is 2. The van der Waals surface area contributed by atoms with Crippen LogP contribution in [0.5, 0.6) is 5.75 Å². The van der Waals surface area contributed by atoms with Crippen LogP contribution in [-0.4, -0.2) is 65.8 Å². The maximum Gasteiger partial charge on any atom is 0.277 e. The molecule has 2 N–H and O–H groups in total. The van der Waals surface area contributed by atoms with Crippen molar-refractivity contribution in [1.82, 2.24) is 29.4 Å². The summed E-state index contributed by atoms with van der Waals surface area (Å²) in [5.41, 5.74) is -2.91. The molecule has 0 amide bonds. The number of nitrogens with one attached hydrogen (secondary N) is 2. The number of aromatic amines is 1. The van der Waals surface area contributed by atoms with E-state index in [1.165, 1.54) is 23.1 Å². The van der Waals surface area contributed by atoms with Crippen molar-refractivity contribution >= 4 is 21.1 Å². The van der Waals surface area contributed by atoms with Gasteiger partial charge in [0.05, 0.1) is 22.8 Å². The van der Waals surface area contributed by atoms with Crippen molar-refractivity contribution < 1.29 is 28.2 Å². The summed E-state index contributed by atoms with van der Waals surface area (Å²) >= 11 is 0. The van der Waals surface area contributed by atoms with E-state index in [4.69, 9.17) is 19.8 Å². The molecule has 1 aliphatic rings. The highest BCUT2D eigenvalue weighted by atomic mass is 32.2. The van der Waals surface area contributed by atoms with Gasteiger partial charge in [0, 0.05) is 34.6 Å². The Labute approximate surface area is 227 Å². The van der Waals surface area contributed by atoms with E-state index < -0.39 is 65.9 Å². The van der Waals surface area contributed by atoms with Gasteiger partial charge in [0.15, 0.2) is 5.52 Å². The zero-order valence-electron chi connectivity index (χ0n) is 30.8. The Hall–Kier alpha value is -2.76. The van der Waals surface area contributed by atoms with E-state index in [0.29, 0.717) is 30.5 Å². The Balaban J connectivity index is 1.79. The third-order valence-corrected chi connectivity index (χ3v) is 7.37. The van der Waals surface area contributed by atoms with Gasteiger partial charge >= 0.3 is 0 Å². The van der Waals surface area contributed by atoms with Gasteiger partial charge in [0.25, 0.3) is 5.56 Å². The van der Waals surface area contributed by atoms with Gasteiger partial charge in [-0.3, -0.25) is 9.48 Å². The highest BCUT2D eigenvalue weighted by Crippen LogP contribution is 2.31. The predicted octanol–water partition coefficient (Wildman–Crippen LogP) is 2.83. The number of rotatable bonds is 11. The minimum Gasteiger partial charge on any atom is -0.493 e.